The van der Waals surface area contributed by atoms with E-state index < -0.39 is 0 Å². The molecule has 0 unspecified atom stereocenters. The van der Waals surface area contributed by atoms with Gasteiger partial charge in [-0.15, -0.1) is 0 Å². The third-order valence-corrected chi connectivity index (χ3v) is 3.51. The Morgan fingerprint density at radius 2 is 1.44 bits per heavy atom. The van der Waals surface area contributed by atoms with E-state index in [-0.39, 0.29) is 29.6 Å². The number of unbranched alkanes of at least 4 members (excludes halogenated alkanes) is 9. The molecule has 1 rings (SSSR count). The molecule has 2 nitrogen and oxygen atoms in total. The molecule has 0 radical (unpaired) electrons. The van der Waals surface area contributed by atoms with Crippen molar-refractivity contribution >= 4 is 35.4 Å². The van der Waals surface area contributed by atoms with Crippen LogP contribution in [0.15, 0.2) is 4.99 Å². The van der Waals surface area contributed by atoms with Gasteiger partial charge in [-0.05, 0) is 6.42 Å². The van der Waals surface area contributed by atoms with E-state index in [1.807, 2.05) is 0 Å². The van der Waals surface area contributed by atoms with Gasteiger partial charge in [0.2, 0.25) is 0 Å². The molecule has 0 spiro atoms. The summed E-state index contributed by atoms with van der Waals surface area (Å²) in [6.07, 6.45) is 15.3. The summed E-state index contributed by atoms with van der Waals surface area (Å²) < 4.78 is 0. The molecule has 0 amide bonds. The number of hydrogen-bond donors (Lipinski definition) is 1. The van der Waals surface area contributed by atoms with E-state index in [1.165, 1.54) is 76.5 Å². The fraction of sp³-hybridized carbons (Fsp3) is 0.933. The number of rotatable bonds is 11. The molecule has 0 aliphatic carbocycles. The second-order valence-corrected chi connectivity index (χ2v) is 5.19. The number of aliphatic imine (C=N–C) groups is 1. The summed E-state index contributed by atoms with van der Waals surface area (Å²) in [7, 11) is 0. The van der Waals surface area contributed by atoms with E-state index in [2.05, 4.69) is 17.2 Å². The first-order valence-corrected chi connectivity index (χ1v) is 7.70. The van der Waals surface area contributed by atoms with E-state index >= 15 is 0 Å². The van der Waals surface area contributed by atoms with Gasteiger partial charge in [0.15, 0.2) is 0 Å². The summed E-state index contributed by atoms with van der Waals surface area (Å²) in [5.74, 6) is 1.25. The zero-order chi connectivity index (χ0) is 12.2. The van der Waals surface area contributed by atoms with Crippen LogP contribution >= 0.6 is 0 Å². The molecule has 0 aromatic carbocycles. The molecular weight excluding hydrogens is 231 g/mol. The minimum atomic E-state index is 0. The van der Waals surface area contributed by atoms with Gasteiger partial charge in [0, 0.05) is 13.0 Å². The summed E-state index contributed by atoms with van der Waals surface area (Å²) >= 11 is 0. The van der Waals surface area contributed by atoms with Crippen LogP contribution in [0.2, 0.25) is 0 Å². The molecule has 102 valence electrons. The summed E-state index contributed by atoms with van der Waals surface area (Å²) in [6, 6.07) is 0. The van der Waals surface area contributed by atoms with Crippen LogP contribution in [0.25, 0.3) is 0 Å². The third-order valence-electron chi connectivity index (χ3n) is 3.51. The van der Waals surface area contributed by atoms with E-state index in [0.29, 0.717) is 0 Å². The normalized spacial score (nSPS) is 13.9. The molecular formula is C15H31N2Na. The van der Waals surface area contributed by atoms with Crippen LogP contribution < -0.4 is 5.32 Å². The van der Waals surface area contributed by atoms with Crippen molar-refractivity contribution < 1.29 is 0 Å². The van der Waals surface area contributed by atoms with Gasteiger partial charge in [-0.25, -0.2) is 0 Å². The Balaban J connectivity index is 0.00000289. The van der Waals surface area contributed by atoms with Crippen molar-refractivity contribution in [2.75, 3.05) is 13.1 Å². The van der Waals surface area contributed by atoms with Crippen molar-refractivity contribution in [3.63, 3.8) is 0 Å². The van der Waals surface area contributed by atoms with Crippen LogP contribution in [0.5, 0.6) is 0 Å². The molecule has 1 aliphatic heterocycles. The SMILES string of the molecule is CCCCCCCCCCCCC1=NCCN1.[NaH]. The molecule has 1 heterocycles. The van der Waals surface area contributed by atoms with Crippen LogP contribution in [-0.2, 0) is 0 Å². The molecule has 0 bridgehead atoms. The first kappa shape index (κ1) is 18.5. The predicted molar refractivity (Wildman–Crippen MR) is 83.9 cm³/mol. The summed E-state index contributed by atoms with van der Waals surface area (Å²) in [5, 5.41) is 3.34. The number of nitrogens with zero attached hydrogens (tertiary/aromatic N) is 1. The van der Waals surface area contributed by atoms with Crippen LogP contribution in [0.3, 0.4) is 0 Å². The zero-order valence-electron chi connectivity index (χ0n) is 11.6. The molecule has 0 saturated heterocycles. The fourth-order valence-corrected chi connectivity index (χ4v) is 2.39. The van der Waals surface area contributed by atoms with E-state index in [0.717, 1.165) is 13.1 Å². The van der Waals surface area contributed by atoms with Crippen molar-refractivity contribution in [2.45, 2.75) is 77.6 Å². The third kappa shape index (κ3) is 10.4. The number of hydrogen-bond acceptors (Lipinski definition) is 2. The second-order valence-electron chi connectivity index (χ2n) is 5.19. The van der Waals surface area contributed by atoms with Crippen LogP contribution in [0.4, 0.5) is 0 Å². The van der Waals surface area contributed by atoms with Gasteiger partial charge < -0.3 is 5.32 Å². The number of nitrogens with one attached hydrogen (secondary N) is 1. The van der Waals surface area contributed by atoms with Gasteiger partial charge in [0.1, 0.15) is 0 Å². The van der Waals surface area contributed by atoms with Crippen molar-refractivity contribution in [3.8, 4) is 0 Å². The molecule has 1 N–H and O–H groups in total. The Hall–Kier alpha value is 0.470. The van der Waals surface area contributed by atoms with Gasteiger partial charge in [-0.1, -0.05) is 64.7 Å². The molecule has 0 saturated carbocycles. The van der Waals surface area contributed by atoms with Crippen LogP contribution in [0, 0.1) is 0 Å². The molecule has 0 fully saturated rings. The zero-order valence-corrected chi connectivity index (χ0v) is 11.6. The molecule has 0 aromatic rings. The predicted octanol–water partition coefficient (Wildman–Crippen LogP) is 3.65. The Morgan fingerprint density at radius 1 is 0.889 bits per heavy atom. The average molecular weight is 262 g/mol. The van der Waals surface area contributed by atoms with Gasteiger partial charge >= 0.3 is 29.6 Å². The minimum absolute atomic E-state index is 0. The van der Waals surface area contributed by atoms with Crippen LogP contribution in [-0.4, -0.2) is 48.5 Å². The van der Waals surface area contributed by atoms with Gasteiger partial charge in [-0.3, -0.25) is 4.99 Å². The maximum atomic E-state index is 4.42. The summed E-state index contributed by atoms with van der Waals surface area (Å²) in [6.45, 7) is 4.34. The summed E-state index contributed by atoms with van der Waals surface area (Å²) in [4.78, 5) is 4.42. The van der Waals surface area contributed by atoms with Crippen molar-refractivity contribution in [1.29, 1.82) is 0 Å². The van der Waals surface area contributed by atoms with Gasteiger partial charge in [0.25, 0.3) is 0 Å². The second kappa shape index (κ2) is 13.9. The van der Waals surface area contributed by atoms with E-state index in [4.69, 9.17) is 0 Å². The van der Waals surface area contributed by atoms with E-state index in [9.17, 15) is 0 Å². The molecule has 3 heteroatoms. The first-order chi connectivity index (χ1) is 8.43. The Labute approximate surface area is 136 Å². The Kier molecular flexibility index (Phi) is 14.3. The van der Waals surface area contributed by atoms with Crippen molar-refractivity contribution in [3.05, 3.63) is 0 Å². The van der Waals surface area contributed by atoms with Gasteiger partial charge in [0.05, 0.1) is 12.4 Å². The maximum absolute atomic E-state index is 4.42. The Bertz CT molecular complexity index is 205. The molecule has 18 heavy (non-hydrogen) atoms. The quantitative estimate of drug-likeness (QED) is 0.446. The van der Waals surface area contributed by atoms with Gasteiger partial charge in [-0.2, -0.15) is 0 Å². The van der Waals surface area contributed by atoms with Crippen molar-refractivity contribution in [1.82, 2.24) is 5.32 Å². The number of amidine groups is 1. The first-order valence-electron chi connectivity index (χ1n) is 7.70. The van der Waals surface area contributed by atoms with Crippen LogP contribution in [0.1, 0.15) is 77.6 Å². The monoisotopic (exact) mass is 262 g/mol. The summed E-state index contributed by atoms with van der Waals surface area (Å²) in [5.41, 5.74) is 0. The topological polar surface area (TPSA) is 24.4 Å². The van der Waals surface area contributed by atoms with E-state index in [1.54, 1.807) is 0 Å². The Morgan fingerprint density at radius 3 is 1.94 bits per heavy atom. The fourth-order valence-electron chi connectivity index (χ4n) is 2.39. The average Bonchev–Trinajstić information content (AvgIpc) is 2.85. The standard InChI is InChI=1S/C15H30N2.Na.H/c1-2-3-4-5-6-7-8-9-10-11-12-15-16-13-14-17-15;;/h2-14H2,1H3,(H,16,17);;. The molecule has 1 aliphatic rings. The van der Waals surface area contributed by atoms with Crippen molar-refractivity contribution in [2.24, 2.45) is 4.99 Å². The molecule has 0 aromatic heterocycles. The molecule has 0 atom stereocenters.